The normalized spacial score (nSPS) is 18.9. The van der Waals surface area contributed by atoms with Crippen LogP contribution in [0.5, 0.6) is 0 Å². The lowest BCUT2D eigenvalue weighted by Crippen LogP contribution is -2.41. The molecule has 1 aromatic heterocycles. The fourth-order valence-corrected chi connectivity index (χ4v) is 4.65. The highest BCUT2D eigenvalue weighted by molar-refractivity contribution is 7.98. The number of aromatic nitrogens is 1. The zero-order valence-electron chi connectivity index (χ0n) is 20.1. The topological polar surface area (TPSA) is 98.0 Å². The number of amidine groups is 1. The lowest BCUT2D eigenvalue weighted by atomic mass is 9.79. The molecule has 2 N–H and O–H groups in total. The monoisotopic (exact) mass is 490 g/mol. The van der Waals surface area contributed by atoms with Gasteiger partial charge in [0, 0.05) is 6.54 Å². The van der Waals surface area contributed by atoms with Crippen LogP contribution in [0.3, 0.4) is 0 Å². The van der Waals surface area contributed by atoms with E-state index < -0.39 is 18.3 Å². The average Bonchev–Trinajstić information content (AvgIpc) is 3.45. The molecule has 10 heteroatoms. The minimum atomic E-state index is -0.454. The summed E-state index contributed by atoms with van der Waals surface area (Å²) in [5.74, 6) is 0.280. The molecule has 0 aliphatic carbocycles. The Balaban J connectivity index is 1.29. The van der Waals surface area contributed by atoms with E-state index in [0.717, 1.165) is 15.9 Å². The Hall–Kier alpha value is -3.08. The Morgan fingerprint density at radius 3 is 2.54 bits per heavy atom. The van der Waals surface area contributed by atoms with Gasteiger partial charge in [0.15, 0.2) is 0 Å². The molecule has 0 spiro atoms. The zero-order valence-corrected chi connectivity index (χ0v) is 20.9. The highest BCUT2D eigenvalue weighted by Gasteiger charge is 2.51. The Morgan fingerprint density at radius 1 is 1.11 bits per heavy atom. The van der Waals surface area contributed by atoms with Crippen LogP contribution >= 0.6 is 11.9 Å². The number of nitrogens with zero attached hydrogens (tertiary/aromatic N) is 2. The van der Waals surface area contributed by atoms with Gasteiger partial charge in [0.05, 0.1) is 33.9 Å². The van der Waals surface area contributed by atoms with Crippen molar-refractivity contribution in [2.24, 2.45) is 4.99 Å². The molecule has 2 aromatic carbocycles. The average molecular weight is 490 g/mol. The second kappa shape index (κ2) is 9.18. The van der Waals surface area contributed by atoms with E-state index >= 15 is 0 Å². The van der Waals surface area contributed by atoms with Gasteiger partial charge >= 0.3 is 7.12 Å². The first-order valence-electron chi connectivity index (χ1n) is 11.5. The summed E-state index contributed by atoms with van der Waals surface area (Å²) in [5.41, 5.74) is 1.81. The highest BCUT2D eigenvalue weighted by Crippen LogP contribution is 2.37. The van der Waals surface area contributed by atoms with E-state index in [1.807, 2.05) is 76.2 Å². The van der Waals surface area contributed by atoms with Crippen molar-refractivity contribution in [1.29, 1.82) is 0 Å². The molecular weight excluding hydrogens is 463 g/mol. The summed E-state index contributed by atoms with van der Waals surface area (Å²) < 4.78 is 20.9. The van der Waals surface area contributed by atoms with Gasteiger partial charge in [-0.05, 0) is 62.8 Å². The molecule has 2 aliphatic heterocycles. The Morgan fingerprint density at radius 2 is 1.86 bits per heavy atom. The van der Waals surface area contributed by atoms with Crippen LogP contribution in [0.15, 0.2) is 75.3 Å². The van der Waals surface area contributed by atoms with Crippen molar-refractivity contribution in [3.63, 3.8) is 0 Å². The van der Waals surface area contributed by atoms with Gasteiger partial charge in [-0.1, -0.05) is 36.4 Å². The third-order valence-electron chi connectivity index (χ3n) is 6.63. The number of fused-ring (bicyclic) bond motifs is 1. The predicted molar refractivity (Wildman–Crippen MR) is 136 cm³/mol. The molecule has 1 amide bonds. The molecule has 1 saturated heterocycles. The summed E-state index contributed by atoms with van der Waals surface area (Å²) in [6.45, 7) is 8.44. The standard InChI is InChI=1S/C25H27BN4O4S/c1-24(2)25(3,4)34-26(33-24)17-10-11-19-20(14-17)35-30-21(29-19)22(31)28-15-18(23-27-12-13-32-23)16-8-6-5-7-9-16/h5-14,18H,15H2,1-4H3,(H,28,31)(H,29,30). The van der Waals surface area contributed by atoms with E-state index in [4.69, 9.17) is 13.7 Å². The van der Waals surface area contributed by atoms with Crippen LogP contribution in [0.1, 0.15) is 45.1 Å². The third-order valence-corrected chi connectivity index (χ3v) is 7.47. The molecule has 3 heterocycles. The lowest BCUT2D eigenvalue weighted by Gasteiger charge is -2.32. The van der Waals surface area contributed by atoms with Crippen molar-refractivity contribution in [2.45, 2.75) is 49.7 Å². The van der Waals surface area contributed by atoms with E-state index in [2.05, 4.69) is 20.0 Å². The molecule has 1 unspecified atom stereocenters. The fourth-order valence-electron chi connectivity index (χ4n) is 3.89. The van der Waals surface area contributed by atoms with Crippen LogP contribution < -0.4 is 15.5 Å². The Bertz CT molecular complexity index is 1230. The van der Waals surface area contributed by atoms with Crippen LogP contribution in [0.4, 0.5) is 5.69 Å². The van der Waals surface area contributed by atoms with Gasteiger partial charge < -0.3 is 23.8 Å². The summed E-state index contributed by atoms with van der Waals surface area (Å²) in [6.07, 6.45) is 3.14. The maximum atomic E-state index is 12.9. The molecule has 2 aliphatic rings. The second-order valence-corrected chi connectivity index (χ2v) is 10.4. The van der Waals surface area contributed by atoms with Gasteiger partial charge in [-0.2, -0.15) is 0 Å². The van der Waals surface area contributed by atoms with Crippen LogP contribution in [0.25, 0.3) is 0 Å². The molecule has 1 fully saturated rings. The largest absolute Gasteiger partial charge is 0.494 e. The summed E-state index contributed by atoms with van der Waals surface area (Å²) in [7, 11) is -0.454. The first-order valence-corrected chi connectivity index (χ1v) is 12.3. The smallest absolute Gasteiger partial charge is 0.448 e. The molecule has 0 bridgehead atoms. The molecule has 1 atom stereocenters. The molecular formula is C25H27BN4O4S. The number of aliphatic imine (C=N–C) groups is 1. The minimum Gasteiger partial charge on any atom is -0.448 e. The van der Waals surface area contributed by atoms with E-state index in [0.29, 0.717) is 18.1 Å². The quantitative estimate of drug-likeness (QED) is 0.403. The summed E-state index contributed by atoms with van der Waals surface area (Å²) in [4.78, 5) is 22.6. The van der Waals surface area contributed by atoms with E-state index in [1.54, 1.807) is 6.20 Å². The van der Waals surface area contributed by atoms with Crippen LogP contribution in [0, 0.1) is 0 Å². The first-order chi connectivity index (χ1) is 16.7. The molecule has 3 aromatic rings. The van der Waals surface area contributed by atoms with Gasteiger partial charge in [-0.3, -0.25) is 4.79 Å². The van der Waals surface area contributed by atoms with Crippen LogP contribution in [-0.2, 0) is 14.1 Å². The molecule has 5 rings (SSSR count). The number of rotatable bonds is 6. The van der Waals surface area contributed by atoms with Gasteiger partial charge in [0.1, 0.15) is 6.26 Å². The Labute approximate surface area is 209 Å². The molecule has 180 valence electrons. The van der Waals surface area contributed by atoms with Gasteiger partial charge in [-0.15, -0.1) is 0 Å². The van der Waals surface area contributed by atoms with Gasteiger partial charge in [0.25, 0.3) is 5.91 Å². The minimum absolute atomic E-state index is 0.207. The second-order valence-electron chi connectivity index (χ2n) is 9.52. The van der Waals surface area contributed by atoms with Crippen molar-refractivity contribution in [1.82, 2.24) is 15.0 Å². The van der Waals surface area contributed by atoms with Crippen molar-refractivity contribution in [3.8, 4) is 0 Å². The first kappa shape index (κ1) is 23.7. The predicted octanol–water partition coefficient (Wildman–Crippen LogP) is 3.56. The number of hydrogen-bond donors (Lipinski definition) is 2. The lowest BCUT2D eigenvalue weighted by molar-refractivity contribution is -0.115. The van der Waals surface area contributed by atoms with E-state index in [-0.39, 0.29) is 17.7 Å². The number of oxazole rings is 1. The summed E-state index contributed by atoms with van der Waals surface area (Å²) in [5, 5.41) is 2.96. The highest BCUT2D eigenvalue weighted by atomic mass is 32.2. The summed E-state index contributed by atoms with van der Waals surface area (Å²) in [6, 6.07) is 15.6. The number of amides is 1. The Kier molecular flexibility index (Phi) is 6.20. The summed E-state index contributed by atoms with van der Waals surface area (Å²) >= 11 is 1.34. The number of nitrogens with one attached hydrogen (secondary N) is 2. The molecule has 8 nitrogen and oxygen atoms in total. The third kappa shape index (κ3) is 4.73. The SMILES string of the molecule is CC1(C)OB(c2ccc3c(c2)SNC(C(=O)NCC(c2ccccc2)c2ncco2)=N3)OC1(C)C. The van der Waals surface area contributed by atoms with E-state index in [1.165, 1.54) is 18.2 Å². The van der Waals surface area contributed by atoms with Gasteiger partial charge in [0.2, 0.25) is 11.7 Å². The van der Waals surface area contributed by atoms with Crippen LogP contribution in [0.2, 0.25) is 0 Å². The molecule has 0 saturated carbocycles. The zero-order chi connectivity index (χ0) is 24.6. The van der Waals surface area contributed by atoms with Crippen LogP contribution in [-0.4, -0.2) is 41.6 Å². The molecule has 35 heavy (non-hydrogen) atoms. The number of hydrogen-bond acceptors (Lipinski definition) is 8. The fraction of sp³-hybridized carbons (Fsp3) is 0.320. The van der Waals surface area contributed by atoms with Gasteiger partial charge in [-0.25, -0.2) is 9.98 Å². The van der Waals surface area contributed by atoms with Crippen molar-refractivity contribution < 1.29 is 18.5 Å². The number of benzene rings is 2. The van der Waals surface area contributed by atoms with Crippen molar-refractivity contribution in [3.05, 3.63) is 72.4 Å². The van der Waals surface area contributed by atoms with Crippen molar-refractivity contribution in [2.75, 3.05) is 6.54 Å². The van der Waals surface area contributed by atoms with E-state index in [9.17, 15) is 4.79 Å². The maximum Gasteiger partial charge on any atom is 0.494 e. The molecule has 0 radical (unpaired) electrons. The number of carbonyl (C=O) groups is 1. The maximum absolute atomic E-state index is 12.9. The number of carbonyl (C=O) groups excluding carboxylic acids is 1. The van der Waals surface area contributed by atoms with Crippen molar-refractivity contribution >= 4 is 42.0 Å².